The molecule has 1 saturated carbocycles. The summed E-state index contributed by atoms with van der Waals surface area (Å²) in [5.74, 6) is 2.51. The van der Waals surface area contributed by atoms with Crippen molar-refractivity contribution in [2.24, 2.45) is 0 Å². The summed E-state index contributed by atoms with van der Waals surface area (Å²) >= 11 is 6.50. The van der Waals surface area contributed by atoms with Crippen molar-refractivity contribution in [2.45, 2.75) is 39.2 Å². The van der Waals surface area contributed by atoms with Crippen LogP contribution in [0.25, 0.3) is 28.1 Å². The van der Waals surface area contributed by atoms with Gasteiger partial charge in [0.25, 0.3) is 0 Å². The average Bonchev–Trinajstić information content (AvgIpc) is 3.57. The summed E-state index contributed by atoms with van der Waals surface area (Å²) in [5.41, 5.74) is 6.47. The summed E-state index contributed by atoms with van der Waals surface area (Å²) in [5, 5.41) is 4.50. The van der Waals surface area contributed by atoms with Crippen LogP contribution in [0.5, 0.6) is 5.75 Å². The Morgan fingerprint density at radius 1 is 1.16 bits per heavy atom. The van der Waals surface area contributed by atoms with E-state index in [9.17, 15) is 4.79 Å². The SMILES string of the molecule is CC(=C1c2ccccc2OCc2nc(-n3c(C4CC4)nc4c(Cl)ccnc43)c(C)cc21)c1noc(=O)[nH]1. The van der Waals surface area contributed by atoms with Crippen molar-refractivity contribution in [1.29, 1.82) is 0 Å². The quantitative estimate of drug-likeness (QED) is 0.353. The number of halogens is 1. The highest BCUT2D eigenvalue weighted by atomic mass is 35.5. The van der Waals surface area contributed by atoms with Crippen LogP contribution in [-0.4, -0.2) is 29.7 Å². The molecule has 0 spiro atoms. The lowest BCUT2D eigenvalue weighted by Crippen LogP contribution is -2.10. The van der Waals surface area contributed by atoms with E-state index in [-0.39, 0.29) is 6.61 Å². The monoisotopic (exact) mass is 512 g/mol. The Hall–Kier alpha value is -4.24. The predicted octanol–water partition coefficient (Wildman–Crippen LogP) is 5.20. The summed E-state index contributed by atoms with van der Waals surface area (Å²) in [6, 6.07) is 11.7. The van der Waals surface area contributed by atoms with Crippen molar-refractivity contribution in [2.75, 3.05) is 0 Å². The Morgan fingerprint density at radius 3 is 2.78 bits per heavy atom. The van der Waals surface area contributed by atoms with Crippen LogP contribution in [0.1, 0.15) is 59.7 Å². The van der Waals surface area contributed by atoms with E-state index in [1.54, 1.807) is 12.3 Å². The molecule has 184 valence electrons. The highest BCUT2D eigenvalue weighted by Crippen LogP contribution is 2.44. The third-order valence-corrected chi connectivity index (χ3v) is 7.21. The lowest BCUT2D eigenvalue weighted by molar-refractivity contribution is 0.302. The highest BCUT2D eigenvalue weighted by molar-refractivity contribution is 6.34. The summed E-state index contributed by atoms with van der Waals surface area (Å²) in [6.45, 7) is 4.20. The maximum atomic E-state index is 11.7. The van der Waals surface area contributed by atoms with Gasteiger partial charge in [-0.05, 0) is 50.5 Å². The highest BCUT2D eigenvalue weighted by Gasteiger charge is 2.33. The van der Waals surface area contributed by atoms with E-state index in [0.717, 1.165) is 63.8 Å². The van der Waals surface area contributed by atoms with Crippen LogP contribution in [-0.2, 0) is 6.61 Å². The van der Waals surface area contributed by atoms with Gasteiger partial charge in [-0.2, -0.15) is 0 Å². The maximum absolute atomic E-state index is 11.7. The van der Waals surface area contributed by atoms with Crippen LogP contribution < -0.4 is 10.5 Å². The molecule has 10 heteroatoms. The number of benzene rings is 1. The zero-order chi connectivity index (χ0) is 25.3. The van der Waals surface area contributed by atoms with Gasteiger partial charge in [0, 0.05) is 34.4 Å². The molecular formula is C27H21ClN6O3. The van der Waals surface area contributed by atoms with Crippen LogP contribution in [0.15, 0.2) is 51.9 Å². The molecule has 5 aromatic rings. The van der Waals surface area contributed by atoms with Gasteiger partial charge < -0.3 is 4.74 Å². The van der Waals surface area contributed by atoms with E-state index in [4.69, 9.17) is 30.8 Å². The number of hydrogen-bond donors (Lipinski definition) is 1. The number of imidazole rings is 1. The fraction of sp³-hybridized carbons (Fsp3) is 0.222. The molecule has 4 aromatic heterocycles. The van der Waals surface area contributed by atoms with Crippen LogP contribution >= 0.6 is 11.6 Å². The van der Waals surface area contributed by atoms with Gasteiger partial charge in [0.05, 0.1) is 10.7 Å². The minimum absolute atomic E-state index is 0.269. The third-order valence-electron chi connectivity index (χ3n) is 6.90. The molecule has 0 unspecified atom stereocenters. The number of para-hydroxylation sites is 1. The summed E-state index contributed by atoms with van der Waals surface area (Å²) in [7, 11) is 0. The van der Waals surface area contributed by atoms with Crippen molar-refractivity contribution in [3.05, 3.63) is 92.2 Å². The van der Waals surface area contributed by atoms with Gasteiger partial charge in [-0.25, -0.2) is 19.7 Å². The van der Waals surface area contributed by atoms with Crippen LogP contribution in [0.3, 0.4) is 0 Å². The van der Waals surface area contributed by atoms with Gasteiger partial charge in [-0.1, -0.05) is 35.0 Å². The molecule has 1 aliphatic heterocycles. The molecule has 0 radical (unpaired) electrons. The van der Waals surface area contributed by atoms with Crippen molar-refractivity contribution >= 4 is 33.9 Å². The van der Waals surface area contributed by atoms with E-state index >= 15 is 0 Å². The number of H-pyrrole nitrogens is 1. The first kappa shape index (κ1) is 22.0. The zero-order valence-electron chi connectivity index (χ0n) is 20.1. The fourth-order valence-electron chi connectivity index (χ4n) is 4.98. The number of aryl methyl sites for hydroxylation is 1. The Kier molecular flexibility index (Phi) is 4.84. The lowest BCUT2D eigenvalue weighted by atomic mass is 9.91. The molecule has 0 bridgehead atoms. The summed E-state index contributed by atoms with van der Waals surface area (Å²) in [4.78, 5) is 29.0. The first-order valence-electron chi connectivity index (χ1n) is 12.0. The van der Waals surface area contributed by atoms with Crippen LogP contribution in [0, 0.1) is 6.92 Å². The van der Waals surface area contributed by atoms with Gasteiger partial charge in [0.1, 0.15) is 29.5 Å². The Morgan fingerprint density at radius 2 is 2.00 bits per heavy atom. The van der Waals surface area contributed by atoms with Crippen molar-refractivity contribution in [1.82, 2.24) is 29.7 Å². The average molecular weight is 513 g/mol. The van der Waals surface area contributed by atoms with Gasteiger partial charge in [-0.15, -0.1) is 0 Å². The van der Waals surface area contributed by atoms with E-state index in [0.29, 0.717) is 27.9 Å². The first-order valence-corrected chi connectivity index (χ1v) is 12.4. The number of aromatic nitrogens is 6. The van der Waals surface area contributed by atoms with Crippen molar-refractivity contribution in [3.8, 4) is 11.6 Å². The molecule has 1 fully saturated rings. The Balaban J connectivity index is 1.50. The number of ether oxygens (including phenoxy) is 1. The smallest absolute Gasteiger partial charge is 0.439 e. The van der Waals surface area contributed by atoms with E-state index in [1.165, 1.54) is 0 Å². The second kappa shape index (κ2) is 8.14. The number of nitrogens with one attached hydrogen (secondary N) is 1. The topological polar surface area (TPSA) is 112 Å². The number of pyridine rings is 2. The molecular weight excluding hydrogens is 492 g/mol. The molecule has 1 aromatic carbocycles. The molecule has 0 atom stereocenters. The number of aromatic amines is 1. The molecule has 0 amide bonds. The summed E-state index contributed by atoms with van der Waals surface area (Å²) < 4.78 is 13.1. The largest absolute Gasteiger partial charge is 0.487 e. The van der Waals surface area contributed by atoms with Gasteiger partial charge in [0.15, 0.2) is 11.5 Å². The standard InChI is InChI=1S/C27H21ClN6O3/c1-13-11-17-19(30-24(13)34-25(15-7-8-15)31-22-18(28)9-10-29-26(22)34)12-36-20-6-4-3-5-16(20)21(17)14(2)23-32-27(35)37-33-23/h3-6,9-11,15H,7-8,12H2,1-2H3,(H,32,33,35). The van der Waals surface area contributed by atoms with E-state index in [1.807, 2.05) is 42.7 Å². The Bertz CT molecular complexity index is 1810. The molecule has 0 saturated heterocycles. The summed E-state index contributed by atoms with van der Waals surface area (Å²) in [6.07, 6.45) is 3.84. The first-order chi connectivity index (χ1) is 18.0. The van der Waals surface area contributed by atoms with Gasteiger partial charge in [-0.3, -0.25) is 14.1 Å². The molecule has 5 heterocycles. The van der Waals surface area contributed by atoms with Gasteiger partial charge >= 0.3 is 5.76 Å². The van der Waals surface area contributed by atoms with Gasteiger partial charge in [0.2, 0.25) is 0 Å². The zero-order valence-corrected chi connectivity index (χ0v) is 20.8. The number of hydrogen-bond acceptors (Lipinski definition) is 7. The molecule has 37 heavy (non-hydrogen) atoms. The van der Waals surface area contributed by atoms with Crippen LogP contribution in [0.2, 0.25) is 5.02 Å². The molecule has 1 aliphatic carbocycles. The normalized spacial score (nSPS) is 16.2. The molecule has 7 rings (SSSR count). The predicted molar refractivity (Wildman–Crippen MR) is 138 cm³/mol. The second-order valence-corrected chi connectivity index (χ2v) is 9.80. The van der Waals surface area contributed by atoms with Crippen molar-refractivity contribution in [3.63, 3.8) is 0 Å². The minimum atomic E-state index is -0.608. The fourth-order valence-corrected chi connectivity index (χ4v) is 5.17. The van der Waals surface area contributed by atoms with E-state index < -0.39 is 5.76 Å². The number of fused-ring (bicyclic) bond motifs is 3. The number of nitrogens with zero attached hydrogens (tertiary/aromatic N) is 5. The molecule has 2 aliphatic rings. The minimum Gasteiger partial charge on any atom is -0.487 e. The molecule has 1 N–H and O–H groups in total. The lowest BCUT2D eigenvalue weighted by Gasteiger charge is -2.17. The maximum Gasteiger partial charge on any atom is 0.439 e. The molecule has 9 nitrogen and oxygen atoms in total. The van der Waals surface area contributed by atoms with Crippen molar-refractivity contribution < 1.29 is 9.26 Å². The van der Waals surface area contributed by atoms with E-state index in [2.05, 4.69) is 21.2 Å². The third kappa shape index (κ3) is 3.49. The number of rotatable bonds is 3. The number of allylic oxidation sites excluding steroid dienone is 1. The Labute approximate surface area is 215 Å². The second-order valence-electron chi connectivity index (χ2n) is 9.40. The van der Waals surface area contributed by atoms with Crippen LogP contribution in [0.4, 0.5) is 0 Å².